The predicted molar refractivity (Wildman–Crippen MR) is 102 cm³/mol. The smallest absolute Gasteiger partial charge is 0.222 e. The first kappa shape index (κ1) is 20.1. The summed E-state index contributed by atoms with van der Waals surface area (Å²) in [6.07, 6.45) is 6.85. The van der Waals surface area contributed by atoms with Crippen molar-refractivity contribution in [2.45, 2.75) is 39.5 Å². The maximum absolute atomic E-state index is 12.5. The Labute approximate surface area is 156 Å². The van der Waals surface area contributed by atoms with E-state index in [0.717, 1.165) is 38.9 Å². The molecule has 1 aromatic heterocycles. The van der Waals surface area contributed by atoms with Crippen molar-refractivity contribution < 1.29 is 4.79 Å². The van der Waals surface area contributed by atoms with E-state index in [1.807, 2.05) is 4.90 Å². The fourth-order valence-electron chi connectivity index (χ4n) is 3.40. The molecule has 7 nitrogen and oxygen atoms in total. The molecule has 0 N–H and O–H groups in total. The van der Waals surface area contributed by atoms with Gasteiger partial charge in [-0.25, -0.2) is 9.97 Å². The highest BCUT2D eigenvalue weighted by Gasteiger charge is 2.23. The molecular formula is C19H30N6O. The molecule has 0 radical (unpaired) electrons. The van der Waals surface area contributed by atoms with Gasteiger partial charge in [0.1, 0.15) is 23.8 Å². The topological polar surface area (TPSA) is 76.4 Å². The van der Waals surface area contributed by atoms with Crippen LogP contribution >= 0.6 is 0 Å². The van der Waals surface area contributed by atoms with Crippen molar-refractivity contribution in [3.8, 4) is 6.07 Å². The van der Waals surface area contributed by atoms with Crippen LogP contribution in [0, 0.1) is 11.3 Å². The maximum Gasteiger partial charge on any atom is 0.222 e. The van der Waals surface area contributed by atoms with Gasteiger partial charge >= 0.3 is 0 Å². The molecule has 0 unspecified atom stereocenters. The molecule has 1 amide bonds. The highest BCUT2D eigenvalue weighted by atomic mass is 16.2. The molecule has 0 aromatic carbocycles. The van der Waals surface area contributed by atoms with Crippen molar-refractivity contribution in [1.82, 2.24) is 19.8 Å². The maximum atomic E-state index is 12.5. The minimum Gasteiger partial charge on any atom is -0.352 e. The molecule has 0 saturated carbocycles. The number of anilines is 1. The third kappa shape index (κ3) is 5.67. The van der Waals surface area contributed by atoms with Crippen LogP contribution in [0.15, 0.2) is 12.5 Å². The Morgan fingerprint density at radius 1 is 1.19 bits per heavy atom. The fraction of sp³-hybridized carbons (Fsp3) is 0.684. The van der Waals surface area contributed by atoms with Gasteiger partial charge in [0.25, 0.3) is 0 Å². The highest BCUT2D eigenvalue weighted by Crippen LogP contribution is 2.17. The van der Waals surface area contributed by atoms with Gasteiger partial charge in [0, 0.05) is 32.6 Å². The molecule has 1 fully saturated rings. The summed E-state index contributed by atoms with van der Waals surface area (Å²) in [5.74, 6) is 0.908. The molecule has 0 bridgehead atoms. The number of hydrogen-bond donors (Lipinski definition) is 0. The summed E-state index contributed by atoms with van der Waals surface area (Å²) < 4.78 is 0. The molecule has 1 aromatic rings. The second kappa shape index (κ2) is 10.7. The van der Waals surface area contributed by atoms with E-state index in [1.54, 1.807) is 0 Å². The molecule has 1 saturated heterocycles. The average molecular weight is 358 g/mol. The van der Waals surface area contributed by atoms with Crippen molar-refractivity contribution in [2.24, 2.45) is 0 Å². The summed E-state index contributed by atoms with van der Waals surface area (Å²) in [6.45, 7) is 10.4. The van der Waals surface area contributed by atoms with Gasteiger partial charge in [-0.2, -0.15) is 5.26 Å². The summed E-state index contributed by atoms with van der Waals surface area (Å²) >= 11 is 0. The lowest BCUT2D eigenvalue weighted by Crippen LogP contribution is -2.49. The van der Waals surface area contributed by atoms with Crippen LogP contribution in [0.1, 0.15) is 45.1 Å². The third-order valence-corrected chi connectivity index (χ3v) is 4.69. The van der Waals surface area contributed by atoms with Crippen LogP contribution in [0.25, 0.3) is 0 Å². The fourth-order valence-corrected chi connectivity index (χ4v) is 3.40. The molecule has 1 aliphatic rings. The van der Waals surface area contributed by atoms with Crippen molar-refractivity contribution in [1.29, 1.82) is 5.26 Å². The summed E-state index contributed by atoms with van der Waals surface area (Å²) in [4.78, 5) is 27.1. The monoisotopic (exact) mass is 358 g/mol. The number of piperazine rings is 1. The second-order valence-electron chi connectivity index (χ2n) is 6.68. The summed E-state index contributed by atoms with van der Waals surface area (Å²) in [5, 5.41) is 9.18. The largest absolute Gasteiger partial charge is 0.352 e. The van der Waals surface area contributed by atoms with E-state index < -0.39 is 0 Å². The van der Waals surface area contributed by atoms with E-state index in [9.17, 15) is 10.1 Å². The van der Waals surface area contributed by atoms with Crippen LogP contribution in [-0.4, -0.2) is 71.5 Å². The first-order valence-corrected chi connectivity index (χ1v) is 9.64. The number of hydrogen-bond acceptors (Lipinski definition) is 6. The molecule has 7 heteroatoms. The first-order valence-electron chi connectivity index (χ1n) is 9.64. The molecule has 142 valence electrons. The molecule has 2 rings (SSSR count). The van der Waals surface area contributed by atoms with Crippen LogP contribution < -0.4 is 4.90 Å². The minimum absolute atomic E-state index is 0.237. The number of nitrogens with zero attached hydrogens (tertiary/aromatic N) is 6. The van der Waals surface area contributed by atoms with Crippen LogP contribution in [0.5, 0.6) is 0 Å². The Hall–Kier alpha value is -2.20. The van der Waals surface area contributed by atoms with Crippen molar-refractivity contribution in [3.63, 3.8) is 0 Å². The van der Waals surface area contributed by atoms with E-state index in [-0.39, 0.29) is 5.91 Å². The Kier molecular flexibility index (Phi) is 8.29. The van der Waals surface area contributed by atoms with Crippen LogP contribution in [0.3, 0.4) is 0 Å². The van der Waals surface area contributed by atoms with Gasteiger partial charge in [-0.3, -0.25) is 4.79 Å². The number of carbonyl (C=O) groups excluding carboxylic acids is 1. The van der Waals surface area contributed by atoms with Gasteiger partial charge in [-0.15, -0.1) is 0 Å². The Morgan fingerprint density at radius 2 is 1.88 bits per heavy atom. The summed E-state index contributed by atoms with van der Waals surface area (Å²) in [6, 6.07) is 2.13. The molecular weight excluding hydrogens is 328 g/mol. The first-order chi connectivity index (χ1) is 12.7. The van der Waals surface area contributed by atoms with Gasteiger partial charge in [0.15, 0.2) is 0 Å². The summed E-state index contributed by atoms with van der Waals surface area (Å²) in [7, 11) is 0. The normalized spacial score (nSPS) is 14.5. The van der Waals surface area contributed by atoms with Gasteiger partial charge in [-0.1, -0.05) is 13.8 Å². The number of amides is 1. The zero-order valence-electron chi connectivity index (χ0n) is 16.0. The molecule has 0 aliphatic carbocycles. The van der Waals surface area contributed by atoms with Crippen molar-refractivity contribution in [2.75, 3.05) is 50.7 Å². The predicted octanol–water partition coefficient (Wildman–Crippen LogP) is 1.90. The number of rotatable bonds is 9. The number of nitriles is 1. The number of carbonyl (C=O) groups is 1. The second-order valence-corrected chi connectivity index (χ2v) is 6.68. The number of aromatic nitrogens is 2. The average Bonchev–Trinajstić information content (AvgIpc) is 2.68. The van der Waals surface area contributed by atoms with E-state index in [0.29, 0.717) is 44.0 Å². The Morgan fingerprint density at radius 3 is 2.50 bits per heavy atom. The minimum atomic E-state index is 0.237. The molecule has 26 heavy (non-hydrogen) atoms. The summed E-state index contributed by atoms with van der Waals surface area (Å²) in [5.41, 5.74) is 0.485. The quantitative estimate of drug-likeness (QED) is 0.671. The van der Waals surface area contributed by atoms with Gasteiger partial charge in [0.2, 0.25) is 5.91 Å². The van der Waals surface area contributed by atoms with E-state index in [4.69, 9.17) is 0 Å². The van der Waals surface area contributed by atoms with Crippen molar-refractivity contribution in [3.05, 3.63) is 18.1 Å². The molecule has 0 spiro atoms. The lowest BCUT2D eigenvalue weighted by atomic mass is 10.2. The van der Waals surface area contributed by atoms with Gasteiger partial charge in [0.05, 0.1) is 6.20 Å². The zero-order chi connectivity index (χ0) is 18.8. The standard InChI is InChI=1S/C19H30N6O/c1-3-7-23(8-4-2)9-5-6-18(26)24-10-12-25(13-11-24)19-17(14-20)15-21-16-22-19/h15-16H,3-13H2,1-2H3. The molecule has 0 atom stereocenters. The van der Waals surface area contributed by atoms with Crippen molar-refractivity contribution >= 4 is 11.7 Å². The van der Waals surface area contributed by atoms with E-state index in [1.165, 1.54) is 12.5 Å². The third-order valence-electron chi connectivity index (χ3n) is 4.69. The highest BCUT2D eigenvalue weighted by molar-refractivity contribution is 5.76. The van der Waals surface area contributed by atoms with Crippen LogP contribution in [-0.2, 0) is 4.79 Å². The van der Waals surface area contributed by atoms with Crippen LogP contribution in [0.2, 0.25) is 0 Å². The van der Waals surface area contributed by atoms with Gasteiger partial charge in [-0.05, 0) is 38.9 Å². The van der Waals surface area contributed by atoms with E-state index in [2.05, 4.69) is 39.7 Å². The van der Waals surface area contributed by atoms with Gasteiger partial charge < -0.3 is 14.7 Å². The lowest BCUT2D eigenvalue weighted by molar-refractivity contribution is -0.131. The molecule has 1 aliphatic heterocycles. The van der Waals surface area contributed by atoms with E-state index >= 15 is 0 Å². The van der Waals surface area contributed by atoms with Crippen LogP contribution in [0.4, 0.5) is 5.82 Å². The Bertz CT molecular complexity index is 600. The molecule has 2 heterocycles. The lowest BCUT2D eigenvalue weighted by Gasteiger charge is -2.35. The zero-order valence-corrected chi connectivity index (χ0v) is 16.0. The Balaban J connectivity index is 1.77. The SMILES string of the molecule is CCCN(CCC)CCCC(=O)N1CCN(c2ncncc2C#N)CC1.